The van der Waals surface area contributed by atoms with Crippen LogP contribution in [-0.2, 0) is 9.47 Å². The number of nitrogens with zero attached hydrogens (tertiary/aromatic N) is 3. The number of rotatable bonds is 5. The SMILES string of the molecule is CNC(=O)c1cc(-c2cc([C@@H]3CNC[C@@H](COC)O3)cc(Cl)n2)ncn1. The van der Waals surface area contributed by atoms with Gasteiger partial charge in [-0.15, -0.1) is 0 Å². The van der Waals surface area contributed by atoms with Crippen molar-refractivity contribution >= 4 is 17.5 Å². The van der Waals surface area contributed by atoms with Crippen molar-refractivity contribution < 1.29 is 14.3 Å². The van der Waals surface area contributed by atoms with Crippen LogP contribution in [0.15, 0.2) is 24.5 Å². The van der Waals surface area contributed by atoms with Crippen LogP contribution in [0.1, 0.15) is 22.2 Å². The Morgan fingerprint density at radius 1 is 1.35 bits per heavy atom. The molecule has 2 aromatic heterocycles. The fourth-order valence-electron chi connectivity index (χ4n) is 2.77. The lowest BCUT2D eigenvalue weighted by Gasteiger charge is -2.31. The predicted molar refractivity (Wildman–Crippen MR) is 96.0 cm³/mol. The van der Waals surface area contributed by atoms with E-state index >= 15 is 0 Å². The zero-order valence-electron chi connectivity index (χ0n) is 14.5. The molecular weight excluding hydrogens is 358 g/mol. The second kappa shape index (κ2) is 8.50. The molecule has 1 amide bonds. The number of amides is 1. The van der Waals surface area contributed by atoms with E-state index in [9.17, 15) is 4.79 Å². The third kappa shape index (κ3) is 4.34. The number of carbonyl (C=O) groups excluding carboxylic acids is 1. The first-order valence-electron chi connectivity index (χ1n) is 8.17. The molecule has 138 valence electrons. The molecule has 0 radical (unpaired) electrons. The molecule has 0 aliphatic carbocycles. The second-order valence-corrected chi connectivity index (χ2v) is 6.22. The van der Waals surface area contributed by atoms with E-state index in [-0.39, 0.29) is 23.8 Å². The Hall–Kier alpha value is -2.13. The van der Waals surface area contributed by atoms with Gasteiger partial charge in [0, 0.05) is 27.2 Å². The molecule has 0 bridgehead atoms. The van der Waals surface area contributed by atoms with Crippen LogP contribution in [0.25, 0.3) is 11.4 Å². The fraction of sp³-hybridized carbons (Fsp3) is 0.412. The van der Waals surface area contributed by atoms with Crippen molar-refractivity contribution in [2.45, 2.75) is 12.2 Å². The van der Waals surface area contributed by atoms with Gasteiger partial charge in [-0.3, -0.25) is 4.79 Å². The first kappa shape index (κ1) is 18.7. The molecule has 3 heterocycles. The van der Waals surface area contributed by atoms with Crippen LogP contribution in [-0.4, -0.2) is 60.8 Å². The molecule has 0 spiro atoms. The van der Waals surface area contributed by atoms with Gasteiger partial charge in [-0.1, -0.05) is 11.6 Å². The molecule has 0 aromatic carbocycles. The number of pyridine rings is 1. The lowest BCUT2D eigenvalue weighted by Crippen LogP contribution is -2.42. The summed E-state index contributed by atoms with van der Waals surface area (Å²) in [6.45, 7) is 1.90. The first-order chi connectivity index (χ1) is 12.6. The highest BCUT2D eigenvalue weighted by atomic mass is 35.5. The maximum atomic E-state index is 11.8. The summed E-state index contributed by atoms with van der Waals surface area (Å²) in [4.78, 5) is 24.3. The minimum absolute atomic E-state index is 0.0342. The minimum atomic E-state index is -0.293. The summed E-state index contributed by atoms with van der Waals surface area (Å²) in [5.74, 6) is -0.293. The lowest BCUT2D eigenvalue weighted by atomic mass is 10.1. The number of aromatic nitrogens is 3. The summed E-state index contributed by atoms with van der Waals surface area (Å²) in [6.07, 6.45) is 1.12. The van der Waals surface area contributed by atoms with Gasteiger partial charge in [-0.2, -0.15) is 0 Å². The first-order valence-corrected chi connectivity index (χ1v) is 8.55. The van der Waals surface area contributed by atoms with Crippen LogP contribution < -0.4 is 10.6 Å². The predicted octanol–water partition coefficient (Wildman–Crippen LogP) is 1.23. The van der Waals surface area contributed by atoms with Gasteiger partial charge >= 0.3 is 0 Å². The van der Waals surface area contributed by atoms with Gasteiger partial charge < -0.3 is 20.1 Å². The highest BCUT2D eigenvalue weighted by Crippen LogP contribution is 2.27. The molecule has 1 fully saturated rings. The van der Waals surface area contributed by atoms with Gasteiger partial charge in [0.05, 0.1) is 30.2 Å². The van der Waals surface area contributed by atoms with E-state index < -0.39 is 0 Å². The zero-order valence-corrected chi connectivity index (χ0v) is 15.3. The number of hydrogen-bond donors (Lipinski definition) is 2. The van der Waals surface area contributed by atoms with Crippen molar-refractivity contribution in [3.8, 4) is 11.4 Å². The van der Waals surface area contributed by atoms with Gasteiger partial charge in [-0.25, -0.2) is 15.0 Å². The van der Waals surface area contributed by atoms with Crippen LogP contribution in [0.5, 0.6) is 0 Å². The van der Waals surface area contributed by atoms with Gasteiger partial charge in [0.15, 0.2) is 0 Å². The van der Waals surface area contributed by atoms with Crippen LogP contribution in [0.2, 0.25) is 5.15 Å². The standard InChI is InChI=1S/C17H20ClN5O3/c1-19-17(24)14-5-12(21-9-22-14)13-3-10(4-16(18)23-13)15-7-20-6-11(26-15)8-25-2/h3-5,9,11,15,20H,6-8H2,1-2H3,(H,19,24)/t11-,15-/m0/s1. The summed E-state index contributed by atoms with van der Waals surface area (Å²) in [5, 5.41) is 6.20. The van der Waals surface area contributed by atoms with Crippen LogP contribution in [0.4, 0.5) is 0 Å². The van der Waals surface area contributed by atoms with Gasteiger partial charge in [0.2, 0.25) is 0 Å². The Kier molecular flexibility index (Phi) is 6.10. The molecule has 2 aromatic rings. The average Bonchev–Trinajstić information content (AvgIpc) is 2.67. The monoisotopic (exact) mass is 377 g/mol. The summed E-state index contributed by atoms with van der Waals surface area (Å²) >= 11 is 6.21. The number of halogens is 1. The minimum Gasteiger partial charge on any atom is -0.382 e. The van der Waals surface area contributed by atoms with E-state index in [0.717, 1.165) is 12.1 Å². The van der Waals surface area contributed by atoms with Gasteiger partial charge in [-0.05, 0) is 23.8 Å². The van der Waals surface area contributed by atoms with E-state index in [1.807, 2.05) is 6.07 Å². The van der Waals surface area contributed by atoms with Crippen molar-refractivity contribution in [1.29, 1.82) is 0 Å². The van der Waals surface area contributed by atoms with E-state index in [1.54, 1.807) is 26.3 Å². The highest BCUT2D eigenvalue weighted by Gasteiger charge is 2.24. The Morgan fingerprint density at radius 2 is 2.19 bits per heavy atom. The van der Waals surface area contributed by atoms with E-state index in [4.69, 9.17) is 21.1 Å². The van der Waals surface area contributed by atoms with E-state index in [0.29, 0.717) is 29.7 Å². The summed E-state index contributed by atoms with van der Waals surface area (Å²) in [5.41, 5.74) is 2.21. The third-order valence-corrected chi connectivity index (χ3v) is 4.18. The number of ether oxygens (including phenoxy) is 2. The van der Waals surface area contributed by atoms with Crippen molar-refractivity contribution in [2.24, 2.45) is 0 Å². The Morgan fingerprint density at radius 3 is 2.96 bits per heavy atom. The number of carbonyl (C=O) groups is 1. The summed E-state index contributed by atoms with van der Waals surface area (Å²) in [6, 6.07) is 5.21. The number of hydrogen-bond acceptors (Lipinski definition) is 7. The molecule has 1 aliphatic heterocycles. The molecule has 1 aliphatic rings. The molecule has 2 N–H and O–H groups in total. The molecule has 1 saturated heterocycles. The topological polar surface area (TPSA) is 98.3 Å². The van der Waals surface area contributed by atoms with Crippen LogP contribution in [0, 0.1) is 0 Å². The smallest absolute Gasteiger partial charge is 0.269 e. The Labute approximate surface area is 156 Å². The van der Waals surface area contributed by atoms with Crippen LogP contribution in [0.3, 0.4) is 0 Å². The zero-order chi connectivity index (χ0) is 18.5. The second-order valence-electron chi connectivity index (χ2n) is 5.84. The van der Waals surface area contributed by atoms with Crippen molar-refractivity contribution in [3.63, 3.8) is 0 Å². The molecule has 2 atom stereocenters. The third-order valence-electron chi connectivity index (χ3n) is 3.99. The number of methoxy groups -OCH3 is 1. The molecule has 0 unspecified atom stereocenters. The maximum Gasteiger partial charge on any atom is 0.269 e. The van der Waals surface area contributed by atoms with Gasteiger partial charge in [0.1, 0.15) is 17.2 Å². The summed E-state index contributed by atoms with van der Waals surface area (Å²) in [7, 11) is 3.19. The quantitative estimate of drug-likeness (QED) is 0.756. The molecule has 9 heteroatoms. The normalized spacial score (nSPS) is 20.0. The average molecular weight is 378 g/mol. The summed E-state index contributed by atoms with van der Waals surface area (Å²) < 4.78 is 11.2. The van der Waals surface area contributed by atoms with Crippen molar-refractivity contribution in [3.05, 3.63) is 40.9 Å². The van der Waals surface area contributed by atoms with Crippen LogP contribution >= 0.6 is 11.6 Å². The van der Waals surface area contributed by atoms with E-state index in [2.05, 4.69) is 25.6 Å². The highest BCUT2D eigenvalue weighted by molar-refractivity contribution is 6.29. The molecule has 26 heavy (non-hydrogen) atoms. The van der Waals surface area contributed by atoms with E-state index in [1.165, 1.54) is 6.33 Å². The van der Waals surface area contributed by atoms with Crippen molar-refractivity contribution in [2.75, 3.05) is 33.9 Å². The maximum absolute atomic E-state index is 11.8. The number of morpholine rings is 1. The number of nitrogens with one attached hydrogen (secondary N) is 2. The molecule has 3 rings (SSSR count). The lowest BCUT2D eigenvalue weighted by molar-refractivity contribution is -0.0697. The molecular formula is C17H20ClN5O3. The molecule has 0 saturated carbocycles. The Balaban J connectivity index is 1.89. The molecule has 8 nitrogen and oxygen atoms in total. The Bertz CT molecular complexity index is 787. The van der Waals surface area contributed by atoms with Gasteiger partial charge in [0.25, 0.3) is 5.91 Å². The fourth-order valence-corrected chi connectivity index (χ4v) is 2.98. The van der Waals surface area contributed by atoms with Crippen molar-refractivity contribution in [1.82, 2.24) is 25.6 Å². The largest absolute Gasteiger partial charge is 0.382 e.